The van der Waals surface area contributed by atoms with E-state index in [0.29, 0.717) is 13.1 Å². The summed E-state index contributed by atoms with van der Waals surface area (Å²) in [6, 6.07) is 14.6. The predicted octanol–water partition coefficient (Wildman–Crippen LogP) is 2.15. The van der Waals surface area contributed by atoms with Gasteiger partial charge in [0.15, 0.2) is 6.54 Å². The number of hydrogen-bond acceptors (Lipinski definition) is 4. The number of quaternary nitrogens is 1. The maximum Gasteiger partial charge on any atom is 0.277 e. The summed E-state index contributed by atoms with van der Waals surface area (Å²) in [6.07, 6.45) is 2.17. The van der Waals surface area contributed by atoms with Crippen molar-refractivity contribution in [1.82, 2.24) is 4.90 Å². The Balaban J connectivity index is 1.65. The molecule has 1 amide bonds. The van der Waals surface area contributed by atoms with E-state index in [9.17, 15) is 4.79 Å². The average molecular weight is 413 g/mol. The monoisotopic (exact) mass is 412 g/mol. The number of likely N-dealkylation sites (tertiary alicyclic amines) is 1. The molecule has 0 aliphatic carbocycles. The third kappa shape index (κ3) is 5.05. The second-order valence-electron chi connectivity index (χ2n) is 8.20. The third-order valence-corrected chi connectivity index (χ3v) is 5.98. The number of amides is 1. The molecule has 0 bridgehead atoms. The normalized spacial score (nSPS) is 18.2. The highest BCUT2D eigenvalue weighted by Crippen LogP contribution is 2.31. The van der Waals surface area contributed by atoms with E-state index in [1.54, 1.807) is 14.2 Å². The minimum absolute atomic E-state index is 0.168. The molecular formula is C24H34N3O3+. The van der Waals surface area contributed by atoms with Gasteiger partial charge in [0, 0.05) is 52.3 Å². The van der Waals surface area contributed by atoms with Crippen LogP contribution in [0.15, 0.2) is 42.5 Å². The summed E-state index contributed by atoms with van der Waals surface area (Å²) >= 11 is 0. The molecular weight excluding hydrogens is 378 g/mol. The van der Waals surface area contributed by atoms with E-state index in [4.69, 9.17) is 9.47 Å². The van der Waals surface area contributed by atoms with Gasteiger partial charge in [0.1, 0.15) is 17.5 Å². The standard InChI is InChI=1S/C24H33N3O3/c1-25(2)19-10-8-18(9-11-19)16-26(3)24(28)17-27-14-6-7-22(27)21-13-12-20(29-4)15-23(21)30-5/h8-13,15,22H,6-7,14,16-17H2,1-5H3/p+1/t22-/m0/s1. The number of nitrogens with one attached hydrogen (secondary N) is 1. The molecule has 2 aromatic carbocycles. The number of methoxy groups -OCH3 is 2. The highest BCUT2D eigenvalue weighted by atomic mass is 16.5. The zero-order valence-electron chi connectivity index (χ0n) is 18.8. The second-order valence-corrected chi connectivity index (χ2v) is 8.20. The van der Waals surface area contributed by atoms with Gasteiger partial charge in [0.05, 0.1) is 26.3 Å². The maximum absolute atomic E-state index is 13.0. The molecule has 0 spiro atoms. The number of carbonyl (C=O) groups excluding carboxylic acids is 1. The molecule has 2 aromatic rings. The lowest BCUT2D eigenvalue weighted by Crippen LogP contribution is -3.11. The van der Waals surface area contributed by atoms with Crippen LogP contribution >= 0.6 is 0 Å². The minimum atomic E-state index is 0.168. The Labute approximate surface area is 180 Å². The number of likely N-dealkylation sites (N-methyl/N-ethyl adjacent to an activating group) is 1. The van der Waals surface area contributed by atoms with Crippen LogP contribution < -0.4 is 19.3 Å². The van der Waals surface area contributed by atoms with E-state index in [-0.39, 0.29) is 11.9 Å². The predicted molar refractivity (Wildman–Crippen MR) is 119 cm³/mol. The highest BCUT2D eigenvalue weighted by Gasteiger charge is 2.34. The number of rotatable bonds is 8. The number of anilines is 1. The van der Waals surface area contributed by atoms with Crippen molar-refractivity contribution in [3.8, 4) is 11.5 Å². The summed E-state index contributed by atoms with van der Waals surface area (Å²) in [6.45, 7) is 2.11. The van der Waals surface area contributed by atoms with Crippen LogP contribution in [0.25, 0.3) is 0 Å². The van der Waals surface area contributed by atoms with Crippen molar-refractivity contribution < 1.29 is 19.2 Å². The first kappa shape index (κ1) is 22.0. The number of carbonyl (C=O) groups is 1. The molecule has 6 heteroatoms. The van der Waals surface area contributed by atoms with Crippen LogP contribution in [0.1, 0.15) is 30.0 Å². The fourth-order valence-corrected chi connectivity index (χ4v) is 4.20. The molecule has 0 radical (unpaired) electrons. The van der Waals surface area contributed by atoms with E-state index >= 15 is 0 Å². The van der Waals surface area contributed by atoms with Crippen LogP contribution in [0.4, 0.5) is 5.69 Å². The van der Waals surface area contributed by atoms with Crippen LogP contribution in [-0.4, -0.2) is 59.3 Å². The molecule has 162 valence electrons. The van der Waals surface area contributed by atoms with Gasteiger partial charge in [-0.1, -0.05) is 12.1 Å². The largest absolute Gasteiger partial charge is 0.497 e. The molecule has 1 saturated heterocycles. The Morgan fingerprint density at radius 3 is 2.43 bits per heavy atom. The van der Waals surface area contributed by atoms with E-state index in [2.05, 4.69) is 35.2 Å². The summed E-state index contributed by atoms with van der Waals surface area (Å²) in [4.78, 5) is 18.2. The van der Waals surface area contributed by atoms with Gasteiger partial charge in [-0.2, -0.15) is 0 Å². The summed E-state index contributed by atoms with van der Waals surface area (Å²) in [5.74, 6) is 1.79. The molecule has 1 aliphatic heterocycles. The van der Waals surface area contributed by atoms with E-state index in [1.165, 1.54) is 4.90 Å². The minimum Gasteiger partial charge on any atom is -0.497 e. The number of hydrogen-bond donors (Lipinski definition) is 1. The van der Waals surface area contributed by atoms with Crippen LogP contribution in [0.3, 0.4) is 0 Å². The number of benzene rings is 2. The molecule has 2 atom stereocenters. The second kappa shape index (κ2) is 9.85. The van der Waals surface area contributed by atoms with Crippen LogP contribution in [0.5, 0.6) is 11.5 Å². The van der Waals surface area contributed by atoms with Gasteiger partial charge in [0.2, 0.25) is 0 Å². The van der Waals surface area contributed by atoms with Crippen molar-refractivity contribution in [3.05, 3.63) is 53.6 Å². The van der Waals surface area contributed by atoms with E-state index in [1.807, 2.05) is 38.2 Å². The molecule has 1 aliphatic rings. The van der Waals surface area contributed by atoms with Crippen molar-refractivity contribution in [3.63, 3.8) is 0 Å². The highest BCUT2D eigenvalue weighted by molar-refractivity contribution is 5.76. The van der Waals surface area contributed by atoms with Crippen molar-refractivity contribution >= 4 is 11.6 Å². The summed E-state index contributed by atoms with van der Waals surface area (Å²) in [5.41, 5.74) is 3.45. The lowest BCUT2D eigenvalue weighted by atomic mass is 10.0. The zero-order valence-corrected chi connectivity index (χ0v) is 18.8. The molecule has 1 unspecified atom stereocenters. The molecule has 1 fully saturated rings. The summed E-state index contributed by atoms with van der Waals surface area (Å²) in [5, 5.41) is 0. The van der Waals surface area contributed by atoms with Gasteiger partial charge < -0.3 is 24.2 Å². The van der Waals surface area contributed by atoms with Crippen LogP contribution in [0.2, 0.25) is 0 Å². The van der Waals surface area contributed by atoms with E-state index in [0.717, 1.165) is 47.7 Å². The Bertz CT molecular complexity index is 851. The number of nitrogens with zero attached hydrogens (tertiary/aromatic N) is 2. The van der Waals surface area contributed by atoms with Gasteiger partial charge in [0.25, 0.3) is 5.91 Å². The Hall–Kier alpha value is -2.73. The summed E-state index contributed by atoms with van der Waals surface area (Å²) in [7, 11) is 9.29. The lowest BCUT2D eigenvalue weighted by molar-refractivity contribution is -0.910. The van der Waals surface area contributed by atoms with Gasteiger partial charge in [-0.15, -0.1) is 0 Å². The van der Waals surface area contributed by atoms with Gasteiger partial charge in [-0.05, 0) is 29.8 Å². The maximum atomic E-state index is 13.0. The molecule has 0 aromatic heterocycles. The number of ether oxygens (including phenoxy) is 2. The van der Waals surface area contributed by atoms with Crippen molar-refractivity contribution in [2.45, 2.75) is 25.4 Å². The van der Waals surface area contributed by atoms with Gasteiger partial charge in [-0.3, -0.25) is 4.79 Å². The molecule has 3 rings (SSSR count). The Kier molecular flexibility index (Phi) is 7.21. The van der Waals surface area contributed by atoms with Crippen LogP contribution in [-0.2, 0) is 11.3 Å². The molecule has 1 heterocycles. The van der Waals surface area contributed by atoms with E-state index < -0.39 is 0 Å². The van der Waals surface area contributed by atoms with Crippen molar-refractivity contribution in [1.29, 1.82) is 0 Å². The average Bonchev–Trinajstić information content (AvgIpc) is 3.21. The van der Waals surface area contributed by atoms with Gasteiger partial charge in [-0.25, -0.2) is 0 Å². The zero-order chi connectivity index (χ0) is 21.7. The molecule has 1 N–H and O–H groups in total. The fraction of sp³-hybridized carbons (Fsp3) is 0.458. The summed E-state index contributed by atoms with van der Waals surface area (Å²) < 4.78 is 10.9. The molecule has 30 heavy (non-hydrogen) atoms. The Morgan fingerprint density at radius 2 is 1.80 bits per heavy atom. The van der Waals surface area contributed by atoms with Gasteiger partial charge >= 0.3 is 0 Å². The van der Waals surface area contributed by atoms with Crippen molar-refractivity contribution in [2.75, 3.05) is 53.4 Å². The SMILES string of the molecule is COc1ccc([C@@H]2CCC[NH+]2CC(=O)N(C)Cc2ccc(N(C)C)cc2)c(OC)c1. The first-order valence-corrected chi connectivity index (χ1v) is 10.5. The lowest BCUT2D eigenvalue weighted by Gasteiger charge is -2.25. The Morgan fingerprint density at radius 1 is 1.07 bits per heavy atom. The fourth-order valence-electron chi connectivity index (χ4n) is 4.20. The smallest absolute Gasteiger partial charge is 0.277 e. The topological polar surface area (TPSA) is 46.5 Å². The first-order chi connectivity index (χ1) is 14.4. The third-order valence-electron chi connectivity index (χ3n) is 5.98. The van der Waals surface area contributed by atoms with Crippen LogP contribution in [0, 0.1) is 0 Å². The quantitative estimate of drug-likeness (QED) is 0.722. The molecule has 0 saturated carbocycles. The molecule has 6 nitrogen and oxygen atoms in total. The van der Waals surface area contributed by atoms with Crippen molar-refractivity contribution in [2.24, 2.45) is 0 Å². The first-order valence-electron chi connectivity index (χ1n) is 10.5.